The first-order valence-corrected chi connectivity index (χ1v) is 7.34. The summed E-state index contributed by atoms with van der Waals surface area (Å²) in [5.74, 6) is 2.51. The normalized spacial score (nSPS) is 18.1. The number of rotatable bonds is 6. The quantitative estimate of drug-likeness (QED) is 0.812. The number of benzene rings is 1. The summed E-state index contributed by atoms with van der Waals surface area (Å²) < 4.78 is 10.7. The summed E-state index contributed by atoms with van der Waals surface area (Å²) in [7, 11) is 2.20. The number of nitrogens with one attached hydrogen (secondary N) is 2. The molecule has 0 aliphatic carbocycles. The maximum atomic E-state index is 5.41. The average molecular weight is 277 g/mol. The highest BCUT2D eigenvalue weighted by Gasteiger charge is 2.15. The average Bonchev–Trinajstić information content (AvgIpc) is 3.13. The monoisotopic (exact) mass is 277 g/mol. The summed E-state index contributed by atoms with van der Waals surface area (Å²) in [6.45, 7) is 4.76. The summed E-state index contributed by atoms with van der Waals surface area (Å²) >= 11 is 0. The van der Waals surface area contributed by atoms with Crippen LogP contribution in [0.25, 0.3) is 0 Å². The van der Waals surface area contributed by atoms with Gasteiger partial charge >= 0.3 is 0 Å². The van der Waals surface area contributed by atoms with E-state index >= 15 is 0 Å². The first-order valence-electron chi connectivity index (χ1n) is 7.34. The fraction of sp³-hybridized carbons (Fsp3) is 0.600. The minimum absolute atomic E-state index is 0.349. The molecule has 0 radical (unpaired) electrons. The lowest BCUT2D eigenvalue weighted by molar-refractivity contribution is 0.174. The Hall–Kier alpha value is -1.30. The molecule has 0 bridgehead atoms. The van der Waals surface area contributed by atoms with E-state index in [-0.39, 0.29) is 0 Å². The van der Waals surface area contributed by atoms with E-state index in [9.17, 15) is 0 Å². The molecule has 3 rings (SSSR count). The Morgan fingerprint density at radius 1 is 1.15 bits per heavy atom. The van der Waals surface area contributed by atoms with Gasteiger partial charge in [0.05, 0.1) is 0 Å². The van der Waals surface area contributed by atoms with E-state index in [0.717, 1.165) is 50.0 Å². The molecule has 20 heavy (non-hydrogen) atoms. The Labute approximate surface area is 120 Å². The molecule has 2 aliphatic heterocycles. The van der Waals surface area contributed by atoms with E-state index in [1.165, 1.54) is 12.0 Å². The molecular weight excluding hydrogens is 254 g/mol. The molecule has 5 nitrogen and oxygen atoms in total. The number of ether oxygens (including phenoxy) is 2. The molecule has 1 saturated heterocycles. The molecule has 1 aromatic carbocycles. The third kappa shape index (κ3) is 3.42. The molecule has 1 aromatic rings. The molecule has 0 unspecified atom stereocenters. The number of likely N-dealkylation sites (N-methyl/N-ethyl adjacent to an activating group) is 1. The topological polar surface area (TPSA) is 45.8 Å². The van der Waals surface area contributed by atoms with Crippen LogP contribution >= 0.6 is 0 Å². The lowest BCUT2D eigenvalue weighted by atomic mass is 10.1. The van der Waals surface area contributed by atoms with Gasteiger partial charge in [-0.15, -0.1) is 0 Å². The number of fused-ring (bicyclic) bond motifs is 1. The van der Waals surface area contributed by atoms with Gasteiger partial charge in [-0.25, -0.2) is 0 Å². The maximum absolute atomic E-state index is 5.41. The Balaban J connectivity index is 1.41. The molecule has 2 N–H and O–H groups in total. The van der Waals surface area contributed by atoms with Gasteiger partial charge in [0.2, 0.25) is 6.79 Å². The largest absolute Gasteiger partial charge is 0.454 e. The minimum Gasteiger partial charge on any atom is -0.454 e. The lowest BCUT2D eigenvalue weighted by Gasteiger charge is -2.18. The fourth-order valence-electron chi connectivity index (χ4n) is 2.64. The van der Waals surface area contributed by atoms with Crippen molar-refractivity contribution in [3.63, 3.8) is 0 Å². The van der Waals surface area contributed by atoms with E-state index in [1.54, 1.807) is 0 Å². The van der Waals surface area contributed by atoms with Gasteiger partial charge in [0.25, 0.3) is 0 Å². The summed E-state index contributed by atoms with van der Waals surface area (Å²) in [6.07, 6.45) is 2.30. The Kier molecular flexibility index (Phi) is 4.40. The van der Waals surface area contributed by atoms with Gasteiger partial charge in [0, 0.05) is 19.6 Å². The molecule has 0 aromatic heterocycles. The van der Waals surface area contributed by atoms with Gasteiger partial charge < -0.3 is 14.4 Å². The van der Waals surface area contributed by atoms with Crippen LogP contribution in [0.4, 0.5) is 0 Å². The molecule has 2 aliphatic rings. The Morgan fingerprint density at radius 2 is 1.95 bits per heavy atom. The van der Waals surface area contributed by atoms with E-state index in [2.05, 4.69) is 34.9 Å². The van der Waals surface area contributed by atoms with E-state index in [1.807, 2.05) is 6.07 Å². The second kappa shape index (κ2) is 6.43. The van der Waals surface area contributed by atoms with Gasteiger partial charge in [-0.05, 0) is 50.0 Å². The van der Waals surface area contributed by atoms with E-state index < -0.39 is 0 Å². The van der Waals surface area contributed by atoms with Crippen LogP contribution in [0.3, 0.4) is 0 Å². The molecule has 2 heterocycles. The number of hydrogen-bond donors (Lipinski definition) is 2. The van der Waals surface area contributed by atoms with Crippen molar-refractivity contribution in [1.29, 1.82) is 0 Å². The van der Waals surface area contributed by atoms with Crippen LogP contribution in [-0.4, -0.2) is 44.9 Å². The fourth-order valence-corrected chi connectivity index (χ4v) is 2.64. The maximum Gasteiger partial charge on any atom is 0.231 e. The molecule has 0 spiro atoms. The summed E-state index contributed by atoms with van der Waals surface area (Å²) in [4.78, 5) is 2.41. The van der Waals surface area contributed by atoms with Crippen LogP contribution in [0.15, 0.2) is 18.2 Å². The predicted octanol–water partition coefficient (Wildman–Crippen LogP) is 1.00. The zero-order valence-corrected chi connectivity index (χ0v) is 12.0. The van der Waals surface area contributed by atoms with Crippen molar-refractivity contribution in [2.75, 3.05) is 40.0 Å². The van der Waals surface area contributed by atoms with Crippen LogP contribution in [0.1, 0.15) is 12.0 Å². The number of nitrogens with zero attached hydrogens (tertiary/aromatic N) is 1. The Morgan fingerprint density at radius 3 is 2.80 bits per heavy atom. The van der Waals surface area contributed by atoms with Gasteiger partial charge in [-0.3, -0.25) is 10.9 Å². The predicted molar refractivity (Wildman–Crippen MR) is 77.9 cm³/mol. The van der Waals surface area contributed by atoms with Gasteiger partial charge in [-0.1, -0.05) is 6.07 Å². The van der Waals surface area contributed by atoms with Gasteiger partial charge in [0.1, 0.15) is 0 Å². The zero-order valence-electron chi connectivity index (χ0n) is 12.0. The molecule has 1 fully saturated rings. The third-order valence-electron chi connectivity index (χ3n) is 4.04. The van der Waals surface area contributed by atoms with Crippen molar-refractivity contribution in [2.24, 2.45) is 5.92 Å². The highest BCUT2D eigenvalue weighted by atomic mass is 16.7. The van der Waals surface area contributed by atoms with Crippen molar-refractivity contribution < 1.29 is 9.47 Å². The van der Waals surface area contributed by atoms with E-state index in [0.29, 0.717) is 6.79 Å². The standard InChI is InChI=1S/C15H23N3O2/c1-18(7-5-13-9-16-17-10-13)6-4-12-2-3-14-15(8-12)20-11-19-14/h2-3,8,13,16-17H,4-7,9-11H2,1H3. The molecule has 110 valence electrons. The number of hydrogen-bond acceptors (Lipinski definition) is 5. The van der Waals surface area contributed by atoms with Gasteiger partial charge in [-0.2, -0.15) is 0 Å². The first-order chi connectivity index (χ1) is 9.81. The summed E-state index contributed by atoms with van der Waals surface area (Å²) in [6, 6.07) is 6.24. The molecular formula is C15H23N3O2. The van der Waals surface area contributed by atoms with Crippen LogP contribution in [0.2, 0.25) is 0 Å². The van der Waals surface area contributed by atoms with Crippen LogP contribution in [-0.2, 0) is 6.42 Å². The van der Waals surface area contributed by atoms with Gasteiger partial charge in [0.15, 0.2) is 11.5 Å². The first kappa shape index (κ1) is 13.7. The smallest absolute Gasteiger partial charge is 0.231 e. The van der Waals surface area contributed by atoms with Crippen LogP contribution in [0, 0.1) is 5.92 Å². The van der Waals surface area contributed by atoms with Crippen molar-refractivity contribution in [3.05, 3.63) is 23.8 Å². The second-order valence-corrected chi connectivity index (χ2v) is 5.66. The summed E-state index contributed by atoms with van der Waals surface area (Å²) in [5.41, 5.74) is 7.68. The SMILES string of the molecule is CN(CCc1ccc2c(c1)OCO2)CCC1CNNC1. The zero-order chi connectivity index (χ0) is 13.8. The van der Waals surface area contributed by atoms with Crippen LogP contribution in [0.5, 0.6) is 11.5 Å². The van der Waals surface area contributed by atoms with Crippen LogP contribution < -0.4 is 20.3 Å². The van der Waals surface area contributed by atoms with Crippen molar-refractivity contribution >= 4 is 0 Å². The lowest BCUT2D eigenvalue weighted by Crippen LogP contribution is -2.25. The van der Waals surface area contributed by atoms with Crippen molar-refractivity contribution in [1.82, 2.24) is 15.8 Å². The highest BCUT2D eigenvalue weighted by Crippen LogP contribution is 2.32. The Bertz CT molecular complexity index is 447. The summed E-state index contributed by atoms with van der Waals surface area (Å²) in [5, 5.41) is 0. The molecule has 0 amide bonds. The third-order valence-corrected chi connectivity index (χ3v) is 4.04. The van der Waals surface area contributed by atoms with E-state index in [4.69, 9.17) is 9.47 Å². The highest BCUT2D eigenvalue weighted by molar-refractivity contribution is 5.44. The minimum atomic E-state index is 0.349. The second-order valence-electron chi connectivity index (χ2n) is 5.66. The molecule has 5 heteroatoms. The number of hydrazine groups is 1. The molecule has 0 atom stereocenters. The van der Waals surface area contributed by atoms with Crippen molar-refractivity contribution in [2.45, 2.75) is 12.8 Å². The molecule has 0 saturated carbocycles. The van der Waals surface area contributed by atoms with Crippen molar-refractivity contribution in [3.8, 4) is 11.5 Å².